The van der Waals surface area contributed by atoms with Gasteiger partial charge in [-0.3, -0.25) is 0 Å². The van der Waals surface area contributed by atoms with Crippen LogP contribution in [0.3, 0.4) is 0 Å². The van der Waals surface area contributed by atoms with E-state index in [4.69, 9.17) is 4.74 Å². The lowest BCUT2D eigenvalue weighted by atomic mass is 9.94. The minimum atomic E-state index is -0.496. The highest BCUT2D eigenvalue weighted by Gasteiger charge is 2.33. The number of aromatic nitrogens is 1. The number of hydrogen-bond acceptors (Lipinski definition) is 8. The fraction of sp³-hybridized carbons (Fsp3) is 0.167. The largest absolute Gasteiger partial charge is 0.461 e. The highest BCUT2D eigenvalue weighted by molar-refractivity contribution is 7.98. The third-order valence-corrected chi connectivity index (χ3v) is 7.17. The first kappa shape index (κ1) is 26.8. The zero-order valence-electron chi connectivity index (χ0n) is 21.7. The van der Waals surface area contributed by atoms with E-state index in [1.165, 1.54) is 11.8 Å². The highest BCUT2D eigenvalue weighted by atomic mass is 32.2. The van der Waals surface area contributed by atoms with Crippen molar-refractivity contribution in [3.8, 4) is 24.3 Å². The van der Waals surface area contributed by atoms with Crippen LogP contribution in [0.2, 0.25) is 0 Å². The van der Waals surface area contributed by atoms with Crippen molar-refractivity contribution in [3.05, 3.63) is 81.7 Å². The number of anilines is 1. The first-order chi connectivity index (χ1) is 18.9. The number of ether oxygens (including phenoxy) is 1. The summed E-state index contributed by atoms with van der Waals surface area (Å²) >= 11 is 1.35. The van der Waals surface area contributed by atoms with E-state index in [1.54, 1.807) is 47.9 Å². The zero-order valence-corrected chi connectivity index (χ0v) is 22.6. The first-order valence-corrected chi connectivity index (χ1v) is 13.1. The van der Waals surface area contributed by atoms with Crippen LogP contribution in [0, 0.1) is 45.3 Å². The molecule has 9 heteroatoms. The molecule has 0 unspecified atom stereocenters. The molecular formula is C30H22N6O2S. The van der Waals surface area contributed by atoms with Gasteiger partial charge in [-0.05, 0) is 48.1 Å². The molecule has 0 spiro atoms. The van der Waals surface area contributed by atoms with E-state index < -0.39 is 5.97 Å². The van der Waals surface area contributed by atoms with Gasteiger partial charge in [-0.2, -0.15) is 21.0 Å². The third kappa shape index (κ3) is 4.42. The summed E-state index contributed by atoms with van der Waals surface area (Å²) < 4.78 is 7.14. The number of carbonyl (C=O) groups is 1. The molecule has 190 valence electrons. The topological polar surface area (TPSA) is 129 Å². The fourth-order valence-electron chi connectivity index (χ4n) is 4.69. The van der Waals surface area contributed by atoms with E-state index in [-0.39, 0.29) is 17.8 Å². The molecule has 0 fully saturated rings. The summed E-state index contributed by atoms with van der Waals surface area (Å²) in [5.74, 6) is -0.496. The lowest BCUT2D eigenvalue weighted by molar-refractivity contribution is 0.0514. The van der Waals surface area contributed by atoms with Crippen molar-refractivity contribution in [2.75, 3.05) is 31.9 Å². The van der Waals surface area contributed by atoms with Crippen molar-refractivity contribution in [1.82, 2.24) is 4.40 Å². The smallest absolute Gasteiger partial charge is 0.356 e. The number of fused-ring (bicyclic) bond motifs is 2. The maximum absolute atomic E-state index is 13.1. The van der Waals surface area contributed by atoms with E-state index in [1.807, 2.05) is 61.7 Å². The first-order valence-electron chi connectivity index (χ1n) is 11.8. The van der Waals surface area contributed by atoms with Crippen LogP contribution in [0.15, 0.2) is 64.2 Å². The van der Waals surface area contributed by atoms with Crippen molar-refractivity contribution < 1.29 is 9.53 Å². The molecule has 0 bridgehead atoms. The number of thioether (sulfide) groups is 1. The zero-order chi connectivity index (χ0) is 28.3. The number of carbonyl (C=O) groups excluding carboxylic acids is 1. The van der Waals surface area contributed by atoms with Crippen molar-refractivity contribution in [3.63, 3.8) is 0 Å². The number of esters is 1. The number of allylic oxidation sites excluding steroid dienone is 5. The summed E-state index contributed by atoms with van der Waals surface area (Å²) in [5.41, 5.74) is 4.46. The van der Waals surface area contributed by atoms with Gasteiger partial charge in [0.05, 0.1) is 12.1 Å². The summed E-state index contributed by atoms with van der Waals surface area (Å²) in [6.07, 6.45) is 5.40. The van der Waals surface area contributed by atoms with E-state index in [9.17, 15) is 25.8 Å². The average molecular weight is 531 g/mol. The Kier molecular flexibility index (Phi) is 7.59. The molecule has 4 rings (SSSR count). The molecular weight excluding hydrogens is 508 g/mol. The highest BCUT2D eigenvalue weighted by Crippen LogP contribution is 2.49. The van der Waals surface area contributed by atoms with Crippen molar-refractivity contribution >= 4 is 46.2 Å². The van der Waals surface area contributed by atoms with Gasteiger partial charge in [0, 0.05) is 47.6 Å². The minimum absolute atomic E-state index is 0.146. The fourth-order valence-corrected chi connectivity index (χ4v) is 5.45. The Labute approximate surface area is 230 Å². The molecule has 0 saturated heterocycles. The molecule has 0 amide bonds. The molecule has 39 heavy (non-hydrogen) atoms. The molecule has 2 heterocycles. The molecule has 0 saturated carbocycles. The Morgan fingerprint density at radius 1 is 1.00 bits per heavy atom. The van der Waals surface area contributed by atoms with E-state index in [0.29, 0.717) is 49.5 Å². The molecule has 0 radical (unpaired) electrons. The molecule has 2 aromatic heterocycles. The van der Waals surface area contributed by atoms with Crippen molar-refractivity contribution in [1.29, 1.82) is 21.0 Å². The van der Waals surface area contributed by atoms with E-state index in [2.05, 4.69) is 0 Å². The summed E-state index contributed by atoms with van der Waals surface area (Å²) in [5, 5.41) is 39.4. The number of benzene rings is 1. The van der Waals surface area contributed by atoms with Crippen LogP contribution in [0.25, 0.3) is 22.7 Å². The molecule has 8 nitrogen and oxygen atoms in total. The molecule has 0 aliphatic heterocycles. The summed E-state index contributed by atoms with van der Waals surface area (Å²) in [7, 11) is 3.81. The Balaban J connectivity index is 2.23. The molecule has 1 aliphatic carbocycles. The molecule has 1 aliphatic rings. The Hall–Kier alpha value is -5.22. The monoisotopic (exact) mass is 530 g/mol. The molecule has 0 atom stereocenters. The van der Waals surface area contributed by atoms with Gasteiger partial charge in [-0.15, -0.1) is 11.8 Å². The quantitative estimate of drug-likeness (QED) is 0.237. The van der Waals surface area contributed by atoms with E-state index in [0.717, 1.165) is 5.69 Å². The van der Waals surface area contributed by atoms with Crippen LogP contribution in [-0.2, 0) is 4.74 Å². The number of pyridine rings is 1. The predicted octanol–water partition coefficient (Wildman–Crippen LogP) is 5.60. The van der Waals surface area contributed by atoms with Gasteiger partial charge in [0.15, 0.2) is 0 Å². The molecule has 1 aromatic carbocycles. The summed E-state index contributed by atoms with van der Waals surface area (Å²) in [4.78, 5) is 15.7. The number of nitrogens with zero attached hydrogens (tertiary/aromatic N) is 6. The van der Waals surface area contributed by atoms with Gasteiger partial charge < -0.3 is 14.0 Å². The average Bonchev–Trinajstić information content (AvgIpc) is 3.43. The summed E-state index contributed by atoms with van der Waals surface area (Å²) in [6, 6.07) is 18.8. The van der Waals surface area contributed by atoms with Crippen molar-refractivity contribution in [2.45, 2.75) is 11.8 Å². The Bertz CT molecular complexity index is 1690. The second kappa shape index (κ2) is 11.0. The van der Waals surface area contributed by atoms with Gasteiger partial charge in [-0.25, -0.2) is 4.79 Å². The van der Waals surface area contributed by atoms with Gasteiger partial charge in [0.25, 0.3) is 0 Å². The van der Waals surface area contributed by atoms with Crippen LogP contribution >= 0.6 is 11.8 Å². The maximum Gasteiger partial charge on any atom is 0.356 e. The van der Waals surface area contributed by atoms with Crippen LogP contribution in [0.4, 0.5) is 5.69 Å². The second-order valence-electron chi connectivity index (χ2n) is 8.60. The Morgan fingerprint density at radius 3 is 2.03 bits per heavy atom. The summed E-state index contributed by atoms with van der Waals surface area (Å²) in [6.45, 7) is 1.93. The van der Waals surface area contributed by atoms with Gasteiger partial charge in [-0.1, -0.05) is 24.3 Å². The van der Waals surface area contributed by atoms with Gasteiger partial charge in [0.1, 0.15) is 41.1 Å². The van der Waals surface area contributed by atoms with Crippen LogP contribution < -0.4 is 4.90 Å². The Morgan fingerprint density at radius 2 is 1.56 bits per heavy atom. The van der Waals surface area contributed by atoms with Crippen LogP contribution in [-0.4, -0.2) is 37.3 Å². The lowest BCUT2D eigenvalue weighted by Crippen LogP contribution is -2.11. The van der Waals surface area contributed by atoms with E-state index >= 15 is 0 Å². The standard InChI is InChI=1S/C30H22N6O2S/c1-5-38-30(37)28-29(39-4)23(25-12-20(35(2)3)10-11-36(25)28)13-24-26(18(14-31)15-32)21-8-6-7-9-22(21)27(24)19(16-33)17-34/h6-13H,5H2,1-4H3. The predicted molar refractivity (Wildman–Crippen MR) is 150 cm³/mol. The SMILES string of the molecule is CCOC(=O)c1c(SC)c(C=C2C(=C(C#N)C#N)c3ccccc3C2=C(C#N)C#N)c2cc(N(C)C)ccn12. The number of rotatable bonds is 5. The van der Waals surface area contributed by atoms with Gasteiger partial charge >= 0.3 is 5.97 Å². The number of nitriles is 4. The van der Waals surface area contributed by atoms with Gasteiger partial charge in [0.2, 0.25) is 0 Å². The molecule has 3 aromatic rings. The van der Waals surface area contributed by atoms with Crippen LogP contribution in [0.1, 0.15) is 34.1 Å². The lowest BCUT2D eigenvalue weighted by Gasteiger charge is -2.13. The number of hydrogen-bond donors (Lipinski definition) is 0. The normalized spacial score (nSPS) is 11.6. The van der Waals surface area contributed by atoms with Crippen LogP contribution in [0.5, 0.6) is 0 Å². The maximum atomic E-state index is 13.1. The molecule has 0 N–H and O–H groups in total. The second-order valence-corrected chi connectivity index (χ2v) is 9.42. The third-order valence-electron chi connectivity index (χ3n) is 6.34. The van der Waals surface area contributed by atoms with Crippen molar-refractivity contribution in [2.24, 2.45) is 0 Å². The minimum Gasteiger partial charge on any atom is -0.461 e.